The molecule has 112 valence electrons. The van der Waals surface area contributed by atoms with Crippen molar-refractivity contribution in [2.24, 2.45) is 0 Å². The Kier molecular flexibility index (Phi) is 3.03. The molecule has 0 unspecified atom stereocenters. The van der Waals surface area contributed by atoms with Crippen molar-refractivity contribution in [2.75, 3.05) is 18.5 Å². The number of benzene rings is 1. The molecule has 2 aromatic heterocycles. The van der Waals surface area contributed by atoms with Gasteiger partial charge in [-0.05, 0) is 19.1 Å². The van der Waals surface area contributed by atoms with E-state index in [2.05, 4.69) is 20.4 Å². The Hall–Kier alpha value is -2.83. The minimum absolute atomic E-state index is 0.0676. The van der Waals surface area contributed by atoms with Crippen molar-refractivity contribution in [3.05, 3.63) is 42.4 Å². The lowest BCUT2D eigenvalue weighted by molar-refractivity contribution is 0.0997. The number of anilines is 1. The number of nitrogens with one attached hydrogen (secondary N) is 1. The average molecular weight is 297 g/mol. The van der Waals surface area contributed by atoms with Crippen molar-refractivity contribution < 1.29 is 9.47 Å². The monoisotopic (exact) mass is 297 g/mol. The van der Waals surface area contributed by atoms with Gasteiger partial charge in [0.15, 0.2) is 11.5 Å². The summed E-state index contributed by atoms with van der Waals surface area (Å²) in [5, 5.41) is 7.50. The number of ether oxygens (including phenoxy) is 2. The molecule has 0 fully saturated rings. The fraction of sp³-hybridized carbons (Fsp3) is 0.267. The zero-order valence-corrected chi connectivity index (χ0v) is 12.1. The van der Waals surface area contributed by atoms with Gasteiger partial charge >= 0.3 is 0 Å². The number of rotatable bonds is 3. The van der Waals surface area contributed by atoms with E-state index >= 15 is 0 Å². The number of para-hydroxylation sites is 2. The molecule has 4 rings (SSSR count). The van der Waals surface area contributed by atoms with E-state index in [1.807, 2.05) is 37.3 Å². The van der Waals surface area contributed by atoms with Gasteiger partial charge in [0.25, 0.3) is 5.78 Å². The molecule has 1 aliphatic heterocycles. The molecule has 7 heteroatoms. The lowest BCUT2D eigenvalue weighted by Crippen LogP contribution is -2.35. The number of nitrogens with zero attached hydrogens (tertiary/aromatic N) is 4. The van der Waals surface area contributed by atoms with Gasteiger partial charge in [-0.1, -0.05) is 12.1 Å². The second kappa shape index (κ2) is 5.18. The molecule has 22 heavy (non-hydrogen) atoms. The lowest BCUT2D eigenvalue weighted by Gasteiger charge is -2.26. The third-order valence-corrected chi connectivity index (χ3v) is 3.46. The van der Waals surface area contributed by atoms with Gasteiger partial charge in [0.05, 0.1) is 6.54 Å². The Morgan fingerprint density at radius 1 is 1.32 bits per heavy atom. The van der Waals surface area contributed by atoms with E-state index in [1.54, 1.807) is 4.52 Å². The van der Waals surface area contributed by atoms with Crippen molar-refractivity contribution in [1.82, 2.24) is 19.6 Å². The third-order valence-electron chi connectivity index (χ3n) is 3.46. The van der Waals surface area contributed by atoms with Crippen molar-refractivity contribution in [3.63, 3.8) is 0 Å². The predicted octanol–water partition coefficient (Wildman–Crippen LogP) is 1.68. The molecule has 0 radical (unpaired) electrons. The molecular weight excluding hydrogens is 282 g/mol. The van der Waals surface area contributed by atoms with Gasteiger partial charge in [-0.3, -0.25) is 0 Å². The van der Waals surface area contributed by atoms with E-state index in [0.29, 0.717) is 18.9 Å². The topological polar surface area (TPSA) is 73.6 Å². The van der Waals surface area contributed by atoms with E-state index in [-0.39, 0.29) is 6.10 Å². The Bertz CT molecular complexity index is 817. The summed E-state index contributed by atoms with van der Waals surface area (Å²) in [6, 6.07) is 9.61. The molecule has 0 saturated carbocycles. The van der Waals surface area contributed by atoms with Crippen LogP contribution < -0.4 is 14.8 Å². The standard InChI is InChI=1S/C15H15N5O2/c1-10-6-14(20-15(19-10)17-9-18-20)16-7-11-8-21-12-4-2-3-5-13(12)22-11/h2-6,9,11,16H,7-8H2,1H3/t11-/m1/s1. The van der Waals surface area contributed by atoms with Crippen LogP contribution in [0.4, 0.5) is 5.82 Å². The van der Waals surface area contributed by atoms with Gasteiger partial charge in [-0.2, -0.15) is 14.6 Å². The maximum Gasteiger partial charge on any atom is 0.254 e. The Labute approximate surface area is 126 Å². The van der Waals surface area contributed by atoms with Gasteiger partial charge in [-0.25, -0.2) is 4.98 Å². The first kappa shape index (κ1) is 12.9. The van der Waals surface area contributed by atoms with Gasteiger partial charge in [-0.15, -0.1) is 0 Å². The average Bonchev–Trinajstić information content (AvgIpc) is 3.00. The quantitative estimate of drug-likeness (QED) is 0.793. The first-order valence-corrected chi connectivity index (χ1v) is 7.09. The largest absolute Gasteiger partial charge is 0.486 e. The Balaban J connectivity index is 1.50. The van der Waals surface area contributed by atoms with Gasteiger partial charge in [0, 0.05) is 11.8 Å². The molecule has 0 amide bonds. The van der Waals surface area contributed by atoms with Gasteiger partial charge in [0.2, 0.25) is 0 Å². The predicted molar refractivity (Wildman–Crippen MR) is 80.4 cm³/mol. The summed E-state index contributed by atoms with van der Waals surface area (Å²) < 4.78 is 13.3. The molecule has 0 spiro atoms. The summed E-state index contributed by atoms with van der Waals surface area (Å²) in [6.45, 7) is 3.04. The summed E-state index contributed by atoms with van der Waals surface area (Å²) in [7, 11) is 0. The highest BCUT2D eigenvalue weighted by atomic mass is 16.6. The minimum atomic E-state index is -0.0676. The second-order valence-corrected chi connectivity index (χ2v) is 5.13. The number of aryl methyl sites for hydroxylation is 1. The maximum atomic E-state index is 5.93. The number of fused-ring (bicyclic) bond motifs is 2. The third kappa shape index (κ3) is 2.30. The highest BCUT2D eigenvalue weighted by molar-refractivity contribution is 5.45. The minimum Gasteiger partial charge on any atom is -0.486 e. The molecule has 1 aromatic carbocycles. The van der Waals surface area contributed by atoms with Crippen molar-refractivity contribution in [2.45, 2.75) is 13.0 Å². The summed E-state index contributed by atoms with van der Waals surface area (Å²) in [5.41, 5.74) is 0.883. The molecule has 1 N–H and O–H groups in total. The smallest absolute Gasteiger partial charge is 0.254 e. The maximum absolute atomic E-state index is 5.93. The van der Waals surface area contributed by atoms with Crippen molar-refractivity contribution in [1.29, 1.82) is 0 Å². The van der Waals surface area contributed by atoms with Crippen LogP contribution in [0.5, 0.6) is 11.5 Å². The van der Waals surface area contributed by atoms with Crippen LogP contribution in [0.3, 0.4) is 0 Å². The highest BCUT2D eigenvalue weighted by Crippen LogP contribution is 2.30. The van der Waals surface area contributed by atoms with E-state index in [1.165, 1.54) is 6.33 Å². The van der Waals surface area contributed by atoms with Gasteiger partial charge in [0.1, 0.15) is 24.9 Å². The molecule has 1 aliphatic rings. The summed E-state index contributed by atoms with van der Waals surface area (Å²) >= 11 is 0. The summed E-state index contributed by atoms with van der Waals surface area (Å²) in [5.74, 6) is 2.98. The fourth-order valence-corrected chi connectivity index (χ4v) is 2.44. The van der Waals surface area contributed by atoms with Crippen LogP contribution in [0.2, 0.25) is 0 Å². The Morgan fingerprint density at radius 3 is 3.09 bits per heavy atom. The first-order valence-electron chi connectivity index (χ1n) is 7.09. The number of aromatic nitrogens is 4. The van der Waals surface area contributed by atoms with Crippen LogP contribution in [-0.4, -0.2) is 38.8 Å². The molecule has 0 aliphatic carbocycles. The van der Waals surface area contributed by atoms with Crippen LogP contribution in [-0.2, 0) is 0 Å². The number of hydrogen-bond donors (Lipinski definition) is 1. The SMILES string of the molecule is Cc1cc(NC[C@@H]2COc3ccccc3O2)n2ncnc2n1. The van der Waals surface area contributed by atoms with Crippen molar-refractivity contribution >= 4 is 11.6 Å². The highest BCUT2D eigenvalue weighted by Gasteiger charge is 2.20. The van der Waals surface area contributed by atoms with Crippen LogP contribution in [0.25, 0.3) is 5.78 Å². The second-order valence-electron chi connectivity index (χ2n) is 5.13. The zero-order valence-electron chi connectivity index (χ0n) is 12.1. The summed E-state index contributed by atoms with van der Waals surface area (Å²) in [6.07, 6.45) is 1.42. The van der Waals surface area contributed by atoms with E-state index in [4.69, 9.17) is 9.47 Å². The van der Waals surface area contributed by atoms with Gasteiger partial charge < -0.3 is 14.8 Å². The molecule has 3 heterocycles. The fourth-order valence-electron chi connectivity index (χ4n) is 2.44. The molecular formula is C15H15N5O2. The van der Waals surface area contributed by atoms with Crippen LogP contribution in [0.1, 0.15) is 5.69 Å². The normalized spacial score (nSPS) is 16.7. The number of hydrogen-bond acceptors (Lipinski definition) is 6. The van der Waals surface area contributed by atoms with Crippen LogP contribution in [0.15, 0.2) is 36.7 Å². The van der Waals surface area contributed by atoms with E-state index in [0.717, 1.165) is 23.0 Å². The molecule has 0 saturated heterocycles. The molecule has 3 aromatic rings. The zero-order chi connectivity index (χ0) is 14.9. The molecule has 0 bridgehead atoms. The van der Waals surface area contributed by atoms with E-state index < -0.39 is 0 Å². The van der Waals surface area contributed by atoms with Crippen LogP contribution >= 0.6 is 0 Å². The van der Waals surface area contributed by atoms with Crippen LogP contribution in [0, 0.1) is 6.92 Å². The van der Waals surface area contributed by atoms with E-state index in [9.17, 15) is 0 Å². The Morgan fingerprint density at radius 2 is 2.18 bits per heavy atom. The summed E-state index contributed by atoms with van der Waals surface area (Å²) in [4.78, 5) is 8.42. The molecule has 7 nitrogen and oxygen atoms in total. The lowest BCUT2D eigenvalue weighted by atomic mass is 10.2. The molecule has 1 atom stereocenters. The first-order chi connectivity index (χ1) is 10.8. The van der Waals surface area contributed by atoms with Crippen molar-refractivity contribution in [3.8, 4) is 11.5 Å².